The Hall–Kier alpha value is -9.12. The van der Waals surface area contributed by atoms with Gasteiger partial charge in [-0.1, -0.05) is 12.1 Å². The Morgan fingerprint density at radius 2 is 0.945 bits per heavy atom. The van der Waals surface area contributed by atoms with Gasteiger partial charge in [0, 0.05) is 140 Å². The number of nitrogens with one attached hydrogen (secondary N) is 3. The molecule has 6 aliphatic heterocycles. The molecule has 6 saturated heterocycles. The van der Waals surface area contributed by atoms with Gasteiger partial charge in [0.1, 0.15) is 29.9 Å². The number of likely N-dealkylation sites (tertiary alicyclic amines) is 3. The molecule has 6 aromatic rings. The second kappa shape index (κ2) is 36.8. The van der Waals surface area contributed by atoms with Gasteiger partial charge in [-0.05, 0) is 83.7 Å². The fourth-order valence-corrected chi connectivity index (χ4v) is 13.7. The first-order valence-electron chi connectivity index (χ1n) is 35.5. The highest BCUT2D eigenvalue weighted by Gasteiger charge is 2.46. The van der Waals surface area contributed by atoms with E-state index in [-0.39, 0.29) is 118 Å². The van der Waals surface area contributed by atoms with Crippen LogP contribution in [0.5, 0.6) is 5.75 Å². The highest BCUT2D eigenvalue weighted by atomic mass is 35.5. The van der Waals surface area contributed by atoms with Crippen LogP contribution in [0.3, 0.4) is 0 Å². The van der Waals surface area contributed by atoms with Crippen molar-refractivity contribution in [3.63, 3.8) is 0 Å². The molecule has 0 saturated carbocycles. The van der Waals surface area contributed by atoms with Crippen LogP contribution < -0.4 is 46.9 Å². The summed E-state index contributed by atoms with van der Waals surface area (Å²) in [6.07, 6.45) is -8.42. The van der Waals surface area contributed by atoms with Gasteiger partial charge in [-0.15, -0.1) is 12.4 Å². The predicted octanol–water partition coefficient (Wildman–Crippen LogP) is 5.09. The van der Waals surface area contributed by atoms with Crippen LogP contribution in [0.2, 0.25) is 0 Å². The molecule has 5 aromatic heterocycles. The van der Waals surface area contributed by atoms with E-state index >= 15 is 0 Å². The lowest BCUT2D eigenvalue weighted by atomic mass is 10.00. The smallest absolute Gasteiger partial charge is 0.419 e. The van der Waals surface area contributed by atoms with Crippen molar-refractivity contribution in [3.8, 4) is 5.75 Å². The number of aliphatic hydroxyl groups excluding tert-OH is 3. The van der Waals surface area contributed by atoms with Crippen molar-refractivity contribution in [1.82, 2.24) is 59.6 Å². The number of H-pyrrole nitrogens is 1. The fraction of sp³-hybridized carbons (Fsp3) is 0.571. The zero-order valence-corrected chi connectivity index (χ0v) is 61.8. The minimum absolute atomic E-state index is 0. The number of aromatic amines is 1. The van der Waals surface area contributed by atoms with Crippen molar-refractivity contribution >= 4 is 59.2 Å². The molecule has 1 aromatic carbocycles. The fourth-order valence-electron chi connectivity index (χ4n) is 13.7. The number of methoxy groups -OCH3 is 1. The van der Waals surface area contributed by atoms with Gasteiger partial charge in [0.05, 0.1) is 110 Å². The maximum atomic E-state index is 13.2. The number of hydrogen-bond acceptors (Lipinski definition) is 25. The van der Waals surface area contributed by atoms with Crippen LogP contribution in [-0.4, -0.2) is 251 Å². The van der Waals surface area contributed by atoms with Crippen LogP contribution in [0.15, 0.2) is 89.4 Å². The Balaban J connectivity index is 0.000000213. The van der Waals surface area contributed by atoms with Crippen molar-refractivity contribution in [2.75, 3.05) is 111 Å². The van der Waals surface area contributed by atoms with Crippen molar-refractivity contribution in [2.24, 2.45) is 5.73 Å². The largest absolute Gasteiger partial charge is 0.497 e. The molecule has 0 radical (unpaired) electrons. The summed E-state index contributed by atoms with van der Waals surface area (Å²) in [5.74, 6) is 0.720. The molecule has 3 amide bonds. The highest BCUT2D eigenvalue weighted by molar-refractivity contribution is 5.85. The van der Waals surface area contributed by atoms with E-state index in [0.717, 1.165) is 48.4 Å². The van der Waals surface area contributed by atoms with Gasteiger partial charge in [0.15, 0.2) is 0 Å². The number of benzene rings is 1. The number of halogens is 10. The third-order valence-corrected chi connectivity index (χ3v) is 19.6. The number of piperidine rings is 3. The Morgan fingerprint density at radius 1 is 0.536 bits per heavy atom. The number of amides is 3. The molecule has 12 rings (SSSR count). The monoisotopic (exact) mass is 1580 g/mol. The van der Waals surface area contributed by atoms with E-state index in [1.807, 2.05) is 38.1 Å². The molecule has 0 spiro atoms. The molecule has 0 aliphatic carbocycles. The SMILES string of the molecule is COc1ccc(Cn2ncc(N[C@@H](C)CO[C@@H]3CCN([C@@H]4CCN(c5ccc(C(F)(F)F)cn5)C[C@@H]4O)C3=O)c(C)c2=O)cc1.C[C@H](N)CO[C@@H]1CCN([C@@H]2CCN(c3ncc(C(F)(F)F)cn3)C[C@@H]2O)C1=O.Cc1c(N[C@@H](C)CO[C@@H]2CCN([C@@H]3CCN(c4ncc(C(F)(F)F)cn4)C[C@@H]3O)C2=O)cn[nH]c1=O.Cl.[HH]. The maximum absolute atomic E-state index is 13.2. The molecule has 40 heteroatoms. The summed E-state index contributed by atoms with van der Waals surface area (Å²) < 4.78 is 139. The van der Waals surface area contributed by atoms with E-state index in [1.165, 1.54) is 16.9 Å². The lowest BCUT2D eigenvalue weighted by Crippen LogP contribution is -2.55. The number of ether oxygens (including phenoxy) is 4. The van der Waals surface area contributed by atoms with Crippen molar-refractivity contribution in [2.45, 2.75) is 171 Å². The normalized spacial score (nSPS) is 23.4. The summed E-state index contributed by atoms with van der Waals surface area (Å²) >= 11 is 0. The van der Waals surface area contributed by atoms with Gasteiger partial charge in [-0.25, -0.2) is 34.7 Å². The Bertz CT molecular complexity index is 4170. The third kappa shape index (κ3) is 21.3. The average molecular weight is 1580 g/mol. The molecule has 604 valence electrons. The molecule has 110 heavy (non-hydrogen) atoms. The third-order valence-electron chi connectivity index (χ3n) is 19.6. The number of nitrogens with zero attached hydrogens (tertiary/aromatic N) is 14. The molecular formula is C70H92ClF9N18O12. The van der Waals surface area contributed by atoms with E-state index in [2.05, 4.69) is 50.8 Å². The van der Waals surface area contributed by atoms with E-state index < -0.39 is 83.9 Å². The number of aromatic nitrogens is 9. The zero-order valence-electron chi connectivity index (χ0n) is 61.0. The van der Waals surface area contributed by atoms with Crippen LogP contribution in [0.4, 0.5) is 68.6 Å². The molecule has 0 unspecified atom stereocenters. The first kappa shape index (κ1) is 84.9. The van der Waals surface area contributed by atoms with Gasteiger partial charge < -0.3 is 80.0 Å². The van der Waals surface area contributed by atoms with Crippen molar-refractivity contribution in [1.29, 1.82) is 0 Å². The standard InChI is InChI=1S/C31H37F3N6O5.C22H28F3N7O4.C17H24F3N5O3.ClH.H2/c1-19(37-24-15-36-40(29(42)20(24)2)16-21-4-7-23(44-3)8-5-21)18-45-27-11-13-39(30(27)43)25-10-12-38(17-26(25)41)28-9-6-22(14-35-28)31(32,33)34;1-12(29-15-9-28-30-19(34)13(15)2)11-36-18-4-6-32(20(18)35)16-3-5-31(10-17(16)33)21-26-7-14(8-27-21)22(23,24)25;1-10(21)9-28-14-3-5-25(15(14)27)12-2-4-24(8-13(12)26)16-22-6-11(7-23-16)17(18,19)20;;/h4-9,14-15,19,25-27,37,41H,10-13,16-18H2,1-3H3;7-9,12,16-18,33H,3-6,10-11H2,1-2H3,(H2,29,30,34);6-7,10,12-14,26H,2-5,8-9,21H2,1H3;2*1H/t19-,25+,26-,27+;12-,16+,17-,18+;10-,12+,13-,14+;;/m000../s1. The molecule has 12 atom stereocenters. The van der Waals surface area contributed by atoms with Crippen LogP contribution >= 0.6 is 12.4 Å². The number of rotatable bonds is 22. The number of β-amino-alcohol motifs (C(OH)–C–C–N with tert-alkyl or cyclic N) is 3. The first-order chi connectivity index (χ1) is 51.6. The van der Waals surface area contributed by atoms with Crippen molar-refractivity contribution in [3.05, 3.63) is 134 Å². The second-order valence-corrected chi connectivity index (χ2v) is 27.8. The Kier molecular flexibility index (Phi) is 28.4. The van der Waals surface area contributed by atoms with E-state index in [4.69, 9.17) is 24.7 Å². The van der Waals surface area contributed by atoms with Gasteiger partial charge in [-0.3, -0.25) is 24.0 Å². The van der Waals surface area contributed by atoms with E-state index in [0.29, 0.717) is 113 Å². The number of carbonyl (C=O) groups excluding carboxylic acids is 3. The van der Waals surface area contributed by atoms with E-state index in [1.54, 1.807) is 63.5 Å². The van der Waals surface area contributed by atoms with Crippen LogP contribution in [0, 0.1) is 13.8 Å². The number of alkyl halides is 9. The highest BCUT2D eigenvalue weighted by Crippen LogP contribution is 2.35. The summed E-state index contributed by atoms with van der Waals surface area (Å²) in [5, 5.41) is 49.0. The molecule has 6 fully saturated rings. The summed E-state index contributed by atoms with van der Waals surface area (Å²) in [6, 6.07) is 7.86. The number of aliphatic hydroxyl groups is 3. The molecule has 8 N–H and O–H groups in total. The lowest BCUT2D eigenvalue weighted by molar-refractivity contribution is -0.142. The molecular weight excluding hydrogens is 1490 g/mol. The topological polar surface area (TPSA) is 363 Å². The molecule has 11 heterocycles. The summed E-state index contributed by atoms with van der Waals surface area (Å²) in [5.41, 5.74) is 5.54. The van der Waals surface area contributed by atoms with Crippen molar-refractivity contribution < 1.29 is 89.6 Å². The number of hydrogen-bond donors (Lipinski definition) is 7. The first-order valence-corrected chi connectivity index (χ1v) is 35.5. The molecule has 30 nitrogen and oxygen atoms in total. The number of pyridine rings is 1. The summed E-state index contributed by atoms with van der Waals surface area (Å²) in [6.45, 7) is 12.9. The second-order valence-electron chi connectivity index (χ2n) is 27.8. The van der Waals surface area contributed by atoms with Gasteiger partial charge >= 0.3 is 18.5 Å². The molecule has 6 aliphatic rings. The van der Waals surface area contributed by atoms with E-state index in [9.17, 15) is 78.8 Å². The summed E-state index contributed by atoms with van der Waals surface area (Å²) in [4.78, 5) is 92.2. The Morgan fingerprint density at radius 3 is 1.35 bits per heavy atom. The quantitative estimate of drug-likeness (QED) is 0.0435. The molecule has 0 bridgehead atoms. The maximum Gasteiger partial charge on any atom is 0.419 e. The number of carbonyl (C=O) groups is 3. The average Bonchev–Trinajstić information content (AvgIpc) is 1.65. The predicted molar refractivity (Wildman–Crippen MR) is 385 cm³/mol. The van der Waals surface area contributed by atoms with Gasteiger partial charge in [0.2, 0.25) is 11.9 Å². The number of nitrogens with two attached hydrogens (primary N) is 1. The Labute approximate surface area is 633 Å². The zero-order chi connectivity index (χ0) is 78.8. The minimum atomic E-state index is -4.52. The van der Waals surface area contributed by atoms with Gasteiger partial charge in [0.25, 0.3) is 28.8 Å². The van der Waals surface area contributed by atoms with Crippen LogP contribution in [0.1, 0.15) is 94.1 Å². The summed E-state index contributed by atoms with van der Waals surface area (Å²) in [7, 11) is 1.59. The lowest BCUT2D eigenvalue weighted by Gasteiger charge is -2.40. The van der Waals surface area contributed by atoms with Crippen LogP contribution in [0.25, 0.3) is 0 Å². The number of anilines is 5. The minimum Gasteiger partial charge on any atom is -0.497 e. The van der Waals surface area contributed by atoms with Crippen LogP contribution in [-0.2, 0) is 53.7 Å². The van der Waals surface area contributed by atoms with Gasteiger partial charge in [-0.2, -0.15) is 49.7 Å².